The quantitative estimate of drug-likeness (QED) is 0.768. The maximum atomic E-state index is 11.9. The Bertz CT molecular complexity index is 427. The molecule has 1 saturated heterocycles. The highest BCUT2D eigenvalue weighted by molar-refractivity contribution is 7.91. The zero-order chi connectivity index (χ0) is 11.4. The molecule has 6 heteroatoms. The predicted octanol–water partition coefficient (Wildman–Crippen LogP) is 0.250. The highest BCUT2D eigenvalue weighted by Crippen LogP contribution is 2.15. The molecule has 0 saturated carbocycles. The summed E-state index contributed by atoms with van der Waals surface area (Å²) in [5.74, 6) is 0.326. The second kappa shape index (κ2) is 4.88. The van der Waals surface area contributed by atoms with Crippen LogP contribution in [0.5, 0.6) is 0 Å². The third-order valence-electron chi connectivity index (χ3n) is 2.67. The Balaban J connectivity index is 2.08. The minimum absolute atomic E-state index is 0.0550. The summed E-state index contributed by atoms with van der Waals surface area (Å²) in [5.41, 5.74) is 0. The van der Waals surface area contributed by atoms with Crippen LogP contribution in [0.25, 0.3) is 0 Å². The van der Waals surface area contributed by atoms with Gasteiger partial charge in [0, 0.05) is 12.4 Å². The molecular formula is C10H15N3O2S. The van der Waals surface area contributed by atoms with E-state index in [1.807, 2.05) is 0 Å². The van der Waals surface area contributed by atoms with Crippen molar-refractivity contribution in [3.8, 4) is 0 Å². The van der Waals surface area contributed by atoms with Gasteiger partial charge in [-0.25, -0.2) is 18.4 Å². The Morgan fingerprint density at radius 2 is 2.12 bits per heavy atom. The van der Waals surface area contributed by atoms with Crippen molar-refractivity contribution >= 4 is 9.84 Å². The summed E-state index contributed by atoms with van der Waals surface area (Å²) < 4.78 is 23.9. The molecule has 2 rings (SSSR count). The summed E-state index contributed by atoms with van der Waals surface area (Å²) in [4.78, 5) is 7.59. The van der Waals surface area contributed by atoms with E-state index in [0.717, 1.165) is 25.9 Å². The molecule has 88 valence electrons. The molecule has 2 heterocycles. The van der Waals surface area contributed by atoms with Crippen molar-refractivity contribution in [3.05, 3.63) is 18.5 Å². The van der Waals surface area contributed by atoms with E-state index in [1.165, 1.54) is 12.4 Å². The topological polar surface area (TPSA) is 72.0 Å². The molecule has 1 aliphatic rings. The largest absolute Gasteiger partial charge is 0.316 e. The average molecular weight is 241 g/mol. The van der Waals surface area contributed by atoms with Gasteiger partial charge >= 0.3 is 0 Å². The van der Waals surface area contributed by atoms with E-state index in [0.29, 0.717) is 0 Å². The van der Waals surface area contributed by atoms with Gasteiger partial charge in [0.05, 0.1) is 5.75 Å². The number of hydrogen-bond acceptors (Lipinski definition) is 5. The highest BCUT2D eigenvalue weighted by Gasteiger charge is 2.24. The van der Waals surface area contributed by atoms with Crippen molar-refractivity contribution in [1.29, 1.82) is 0 Å². The minimum Gasteiger partial charge on any atom is -0.316 e. The highest BCUT2D eigenvalue weighted by atomic mass is 32.2. The van der Waals surface area contributed by atoms with Gasteiger partial charge in [0.2, 0.25) is 15.0 Å². The molecule has 0 bridgehead atoms. The van der Waals surface area contributed by atoms with Gasteiger partial charge in [-0.1, -0.05) is 0 Å². The van der Waals surface area contributed by atoms with Crippen molar-refractivity contribution in [3.63, 3.8) is 0 Å². The zero-order valence-electron chi connectivity index (χ0n) is 8.96. The first-order valence-electron chi connectivity index (χ1n) is 5.39. The van der Waals surface area contributed by atoms with Gasteiger partial charge in [-0.15, -0.1) is 0 Å². The van der Waals surface area contributed by atoms with Crippen LogP contribution in [0.3, 0.4) is 0 Å². The zero-order valence-corrected chi connectivity index (χ0v) is 9.78. The van der Waals surface area contributed by atoms with E-state index in [9.17, 15) is 8.42 Å². The molecule has 0 aromatic carbocycles. The summed E-state index contributed by atoms with van der Waals surface area (Å²) in [6, 6.07) is 1.61. The first-order valence-corrected chi connectivity index (χ1v) is 7.04. The lowest BCUT2D eigenvalue weighted by molar-refractivity contribution is 0.403. The molecule has 0 amide bonds. The van der Waals surface area contributed by atoms with Crippen molar-refractivity contribution in [2.45, 2.75) is 18.0 Å². The molecule has 5 nitrogen and oxygen atoms in total. The number of sulfone groups is 1. The number of piperidine rings is 1. The van der Waals surface area contributed by atoms with Gasteiger partial charge < -0.3 is 5.32 Å². The van der Waals surface area contributed by atoms with Gasteiger partial charge in [0.15, 0.2) is 0 Å². The van der Waals surface area contributed by atoms with Crippen LogP contribution >= 0.6 is 0 Å². The van der Waals surface area contributed by atoms with E-state index in [2.05, 4.69) is 15.3 Å². The second-order valence-corrected chi connectivity index (χ2v) is 5.95. The van der Waals surface area contributed by atoms with Crippen molar-refractivity contribution in [2.24, 2.45) is 5.92 Å². The third-order valence-corrected chi connectivity index (χ3v) is 4.35. The fraction of sp³-hybridized carbons (Fsp3) is 0.600. The Kier molecular flexibility index (Phi) is 3.50. The lowest BCUT2D eigenvalue weighted by Crippen LogP contribution is -2.34. The summed E-state index contributed by atoms with van der Waals surface area (Å²) in [5, 5.41) is 3.15. The molecular weight excluding hydrogens is 226 g/mol. The molecule has 1 N–H and O–H groups in total. The summed E-state index contributed by atoms with van der Waals surface area (Å²) in [6.45, 7) is 1.75. The van der Waals surface area contributed by atoms with Gasteiger partial charge in [-0.3, -0.25) is 0 Å². The molecule has 1 aromatic heterocycles. The molecule has 1 fully saturated rings. The van der Waals surface area contributed by atoms with Gasteiger partial charge in [-0.2, -0.15) is 0 Å². The fourth-order valence-electron chi connectivity index (χ4n) is 1.90. The maximum Gasteiger partial charge on any atom is 0.247 e. The third kappa shape index (κ3) is 2.76. The van der Waals surface area contributed by atoms with Crippen LogP contribution in [0.1, 0.15) is 12.8 Å². The Morgan fingerprint density at radius 3 is 2.75 bits per heavy atom. The summed E-state index contributed by atoms with van der Waals surface area (Å²) in [7, 11) is -3.32. The monoisotopic (exact) mass is 241 g/mol. The lowest BCUT2D eigenvalue weighted by atomic mass is 10.0. The average Bonchev–Trinajstić information content (AvgIpc) is 2.31. The lowest BCUT2D eigenvalue weighted by Gasteiger charge is -2.21. The summed E-state index contributed by atoms with van der Waals surface area (Å²) >= 11 is 0. The van der Waals surface area contributed by atoms with Crippen molar-refractivity contribution < 1.29 is 8.42 Å². The van der Waals surface area contributed by atoms with Crippen LogP contribution in [0.2, 0.25) is 0 Å². The minimum atomic E-state index is -3.32. The van der Waals surface area contributed by atoms with Crippen LogP contribution in [-0.2, 0) is 9.84 Å². The number of rotatable bonds is 3. The van der Waals surface area contributed by atoms with Crippen LogP contribution < -0.4 is 5.32 Å². The van der Waals surface area contributed by atoms with Crippen molar-refractivity contribution in [2.75, 3.05) is 18.8 Å². The molecule has 16 heavy (non-hydrogen) atoms. The van der Waals surface area contributed by atoms with Gasteiger partial charge in [0.25, 0.3) is 0 Å². The number of aromatic nitrogens is 2. The van der Waals surface area contributed by atoms with Gasteiger partial charge in [-0.05, 0) is 37.9 Å². The smallest absolute Gasteiger partial charge is 0.247 e. The van der Waals surface area contributed by atoms with E-state index >= 15 is 0 Å². The van der Waals surface area contributed by atoms with Gasteiger partial charge in [0.1, 0.15) is 0 Å². The normalized spacial score (nSPS) is 21.9. The van der Waals surface area contributed by atoms with Crippen LogP contribution in [0.15, 0.2) is 23.6 Å². The molecule has 0 unspecified atom stereocenters. The van der Waals surface area contributed by atoms with Crippen molar-refractivity contribution in [1.82, 2.24) is 15.3 Å². The first kappa shape index (κ1) is 11.5. The molecule has 0 spiro atoms. The second-order valence-electron chi connectivity index (χ2n) is 4.03. The van der Waals surface area contributed by atoms with E-state index < -0.39 is 9.84 Å². The maximum absolute atomic E-state index is 11.9. The van der Waals surface area contributed by atoms with Crippen LogP contribution in [0, 0.1) is 5.92 Å². The molecule has 1 aromatic rings. The Morgan fingerprint density at radius 1 is 1.38 bits per heavy atom. The number of nitrogens with one attached hydrogen (secondary N) is 1. The molecule has 0 radical (unpaired) electrons. The van der Waals surface area contributed by atoms with E-state index in [-0.39, 0.29) is 16.8 Å². The Hall–Kier alpha value is -1.01. The predicted molar refractivity (Wildman–Crippen MR) is 59.7 cm³/mol. The molecule has 1 atom stereocenters. The molecule has 1 aliphatic heterocycles. The Labute approximate surface area is 95.2 Å². The van der Waals surface area contributed by atoms with E-state index in [1.54, 1.807) is 6.07 Å². The number of hydrogen-bond donors (Lipinski definition) is 1. The van der Waals surface area contributed by atoms with Crippen LogP contribution in [-0.4, -0.2) is 37.2 Å². The number of nitrogens with zero attached hydrogens (tertiary/aromatic N) is 2. The standard InChI is InChI=1S/C10H15N3O2S/c14-16(15,10-12-5-2-6-13-10)8-9-3-1-4-11-7-9/h2,5-6,9,11H,1,3-4,7-8H2/t9-/m0/s1. The van der Waals surface area contributed by atoms with Crippen LogP contribution in [0.4, 0.5) is 0 Å². The summed E-state index contributed by atoms with van der Waals surface area (Å²) in [6.07, 6.45) is 4.91. The first-order chi connectivity index (χ1) is 7.68. The SMILES string of the molecule is O=S(=O)(C[C@H]1CCCNC1)c1ncccn1. The fourth-order valence-corrected chi connectivity index (χ4v) is 3.39. The van der Waals surface area contributed by atoms with E-state index in [4.69, 9.17) is 0 Å². The molecule has 0 aliphatic carbocycles.